The van der Waals surface area contributed by atoms with Crippen LogP contribution in [-0.4, -0.2) is 38.2 Å². The van der Waals surface area contributed by atoms with Gasteiger partial charge in [0.15, 0.2) is 5.01 Å². The Balaban J connectivity index is 1.98. The van der Waals surface area contributed by atoms with Crippen molar-refractivity contribution >= 4 is 23.4 Å². The van der Waals surface area contributed by atoms with Crippen LogP contribution in [0.4, 0.5) is 14.6 Å². The van der Waals surface area contributed by atoms with Gasteiger partial charge in [0.25, 0.3) is 5.56 Å². The topological polar surface area (TPSA) is 138 Å². The number of rotatable bonds is 7. The van der Waals surface area contributed by atoms with E-state index in [-0.39, 0.29) is 12.4 Å². The molecule has 0 unspecified atom stereocenters. The highest BCUT2D eigenvalue weighted by Crippen LogP contribution is 2.42. The summed E-state index contributed by atoms with van der Waals surface area (Å²) in [6, 6.07) is 3.02. The van der Waals surface area contributed by atoms with Gasteiger partial charge in [-0.1, -0.05) is 0 Å². The Hall–Kier alpha value is -3.41. The fraction of sp³-hybridized carbons (Fsp3) is 0.188. The molecule has 5 N–H and O–H groups in total. The number of aromatic nitrogens is 5. The van der Waals surface area contributed by atoms with Gasteiger partial charge in [-0.15, -0.1) is 11.3 Å². The van der Waals surface area contributed by atoms with Crippen LogP contribution in [0.1, 0.15) is 10.7 Å². The Bertz CT molecular complexity index is 1070. The summed E-state index contributed by atoms with van der Waals surface area (Å²) in [4.78, 5) is 16.6. The second-order valence-electron chi connectivity index (χ2n) is 5.63. The quantitative estimate of drug-likeness (QED) is 0.441. The maximum Gasteiger partial charge on any atom is 0.338 e. The highest BCUT2D eigenvalue weighted by molar-refractivity contribution is 7.16. The third kappa shape index (κ3) is 3.67. The zero-order valence-electron chi connectivity index (χ0n) is 14.6. The molecule has 9 nitrogen and oxygen atoms in total. The number of nitrogens with zero attached hydrogens (tertiary/aromatic N) is 4. The van der Waals surface area contributed by atoms with E-state index in [1.165, 1.54) is 24.0 Å². The molecule has 0 fully saturated rings. The third-order valence-electron chi connectivity index (χ3n) is 3.77. The average Bonchev–Trinajstić information content (AvgIpc) is 3.33. The Morgan fingerprint density at radius 2 is 2.32 bits per heavy atom. The lowest BCUT2D eigenvalue weighted by molar-refractivity contribution is 0.0363. The molecule has 3 aromatic rings. The molecule has 0 spiro atoms. The molecule has 0 aliphatic heterocycles. The number of halogens is 2. The summed E-state index contributed by atoms with van der Waals surface area (Å²) in [5.41, 5.74) is 5.23. The fourth-order valence-electron chi connectivity index (χ4n) is 2.35. The van der Waals surface area contributed by atoms with Gasteiger partial charge in [-0.25, -0.2) is 9.67 Å². The van der Waals surface area contributed by atoms with Crippen molar-refractivity contribution in [2.24, 2.45) is 5.73 Å². The number of hydrogen-bond acceptors (Lipinski definition) is 8. The lowest BCUT2D eigenvalue weighted by atomic mass is 10.2. The van der Waals surface area contributed by atoms with Crippen molar-refractivity contribution in [2.75, 3.05) is 12.4 Å². The molecule has 0 aliphatic rings. The molecule has 3 aromatic heterocycles. The van der Waals surface area contributed by atoms with Crippen molar-refractivity contribution < 1.29 is 8.78 Å². The van der Waals surface area contributed by atoms with Crippen LogP contribution >= 0.6 is 11.3 Å². The summed E-state index contributed by atoms with van der Waals surface area (Å²) in [5, 5.41) is 19.7. The molecule has 3 heterocycles. The van der Waals surface area contributed by atoms with E-state index in [9.17, 15) is 13.6 Å². The molecule has 0 saturated carbocycles. The predicted molar refractivity (Wildman–Crippen MR) is 102 cm³/mol. The maximum absolute atomic E-state index is 14.5. The zero-order chi connectivity index (χ0) is 20.3. The maximum atomic E-state index is 14.5. The minimum atomic E-state index is -3.55. The van der Waals surface area contributed by atoms with Gasteiger partial charge in [-0.05, 0) is 12.1 Å². The lowest BCUT2D eigenvalue weighted by Gasteiger charge is -2.12. The molecule has 146 valence electrons. The molecule has 12 heteroatoms. The second-order valence-corrected chi connectivity index (χ2v) is 6.63. The van der Waals surface area contributed by atoms with Gasteiger partial charge < -0.3 is 16.5 Å². The van der Waals surface area contributed by atoms with Crippen LogP contribution in [-0.2, 0) is 12.5 Å². The van der Waals surface area contributed by atoms with Crippen molar-refractivity contribution in [1.82, 2.24) is 25.0 Å². The van der Waals surface area contributed by atoms with Crippen molar-refractivity contribution in [3.63, 3.8) is 0 Å². The smallest absolute Gasteiger partial charge is 0.338 e. The van der Waals surface area contributed by atoms with E-state index in [1.54, 1.807) is 12.3 Å². The first-order chi connectivity index (χ1) is 13.4. The minimum Gasteiger partial charge on any atom is -0.397 e. The van der Waals surface area contributed by atoms with Gasteiger partial charge in [0.2, 0.25) is 0 Å². The van der Waals surface area contributed by atoms with Gasteiger partial charge in [0.05, 0.1) is 29.0 Å². The van der Waals surface area contributed by atoms with E-state index < -0.39 is 22.2 Å². The first-order valence-corrected chi connectivity index (χ1v) is 8.77. The normalized spacial score (nSPS) is 12.2. The highest BCUT2D eigenvalue weighted by Gasteiger charge is 2.39. The number of allylic oxidation sites excluding steroid dienone is 2. The van der Waals surface area contributed by atoms with Gasteiger partial charge in [0, 0.05) is 31.1 Å². The summed E-state index contributed by atoms with van der Waals surface area (Å²) in [6.45, 7) is 0.203. The SMILES string of the molecule is CNc1nc(C(F)(F)C(N)=CC=N)sc1-c1cnn(Cc2ccn[nH]2)c(=O)c1. The summed E-state index contributed by atoms with van der Waals surface area (Å²) in [5.74, 6) is -3.37. The Kier molecular flexibility index (Phi) is 5.31. The summed E-state index contributed by atoms with van der Waals surface area (Å²) in [7, 11) is 1.53. The molecule has 0 saturated heterocycles. The molecular weight excluding hydrogens is 390 g/mol. The van der Waals surface area contributed by atoms with Crippen LogP contribution in [0.2, 0.25) is 0 Å². The number of anilines is 1. The Morgan fingerprint density at radius 3 is 2.93 bits per heavy atom. The van der Waals surface area contributed by atoms with E-state index in [1.807, 2.05) is 0 Å². The van der Waals surface area contributed by atoms with E-state index in [4.69, 9.17) is 11.1 Å². The number of alkyl halides is 2. The average molecular weight is 406 g/mol. The number of thiazole rings is 1. The molecular formula is C16H16F2N8OS. The number of nitrogens with two attached hydrogens (primary N) is 1. The largest absolute Gasteiger partial charge is 0.397 e. The summed E-state index contributed by atoms with van der Waals surface area (Å²) >= 11 is 0.694. The minimum absolute atomic E-state index is 0.176. The van der Waals surface area contributed by atoms with Crippen molar-refractivity contribution in [3.05, 3.63) is 57.4 Å². The monoisotopic (exact) mass is 406 g/mol. The van der Waals surface area contributed by atoms with Crippen molar-refractivity contribution in [3.8, 4) is 10.4 Å². The van der Waals surface area contributed by atoms with Crippen LogP contribution in [0.15, 0.2) is 41.1 Å². The Labute approximate surface area is 161 Å². The van der Waals surface area contributed by atoms with Crippen LogP contribution < -0.4 is 16.6 Å². The zero-order valence-corrected chi connectivity index (χ0v) is 15.4. The van der Waals surface area contributed by atoms with Gasteiger partial charge >= 0.3 is 5.92 Å². The summed E-state index contributed by atoms with van der Waals surface area (Å²) < 4.78 is 30.2. The van der Waals surface area contributed by atoms with Crippen LogP contribution in [0.5, 0.6) is 0 Å². The first-order valence-electron chi connectivity index (χ1n) is 7.96. The van der Waals surface area contributed by atoms with Gasteiger partial charge in [-0.2, -0.15) is 19.0 Å². The molecule has 3 rings (SSSR count). The number of aromatic amines is 1. The molecule has 0 atom stereocenters. The van der Waals surface area contributed by atoms with Gasteiger partial charge in [0.1, 0.15) is 5.82 Å². The predicted octanol–water partition coefficient (Wildman–Crippen LogP) is 1.76. The number of nitrogens with one attached hydrogen (secondary N) is 3. The van der Waals surface area contributed by atoms with Gasteiger partial charge in [-0.3, -0.25) is 9.89 Å². The standard InChI is InChI=1S/C16H16F2N8OS/c1-21-14-13(28-15(24-14)16(17,18)11(20)2-4-19)9-6-12(27)26(23-7-9)8-10-3-5-22-25-10/h2-7,19,21H,8,20H2,1H3,(H,22,25). The van der Waals surface area contributed by atoms with Crippen molar-refractivity contribution in [2.45, 2.75) is 12.5 Å². The molecule has 0 aromatic carbocycles. The lowest BCUT2D eigenvalue weighted by Crippen LogP contribution is -2.23. The fourth-order valence-corrected chi connectivity index (χ4v) is 3.40. The number of hydrogen-bond donors (Lipinski definition) is 4. The van der Waals surface area contributed by atoms with Crippen LogP contribution in [0.3, 0.4) is 0 Å². The molecule has 0 radical (unpaired) electrons. The molecule has 0 bridgehead atoms. The number of H-pyrrole nitrogens is 1. The van der Waals surface area contributed by atoms with Crippen LogP contribution in [0.25, 0.3) is 10.4 Å². The third-order valence-corrected chi connectivity index (χ3v) is 4.94. The van der Waals surface area contributed by atoms with E-state index in [0.29, 0.717) is 33.7 Å². The molecule has 28 heavy (non-hydrogen) atoms. The highest BCUT2D eigenvalue weighted by atomic mass is 32.1. The van der Waals surface area contributed by atoms with E-state index >= 15 is 0 Å². The Morgan fingerprint density at radius 1 is 1.54 bits per heavy atom. The van der Waals surface area contributed by atoms with Crippen molar-refractivity contribution in [1.29, 1.82) is 5.41 Å². The molecule has 0 amide bonds. The van der Waals surface area contributed by atoms with Crippen LogP contribution in [0, 0.1) is 5.41 Å². The van der Waals surface area contributed by atoms with E-state index in [0.717, 1.165) is 6.08 Å². The first kappa shape index (κ1) is 19.4. The van der Waals surface area contributed by atoms with E-state index in [2.05, 4.69) is 25.6 Å². The molecule has 0 aliphatic carbocycles. The summed E-state index contributed by atoms with van der Waals surface area (Å²) in [6.07, 6.45) is 4.45. The second kappa shape index (κ2) is 7.68.